The van der Waals surface area contributed by atoms with E-state index in [1.54, 1.807) is 0 Å². The maximum Gasteiger partial charge on any atom is 0.317 e. The van der Waals surface area contributed by atoms with Gasteiger partial charge in [0, 0.05) is 38.1 Å². The number of urea groups is 1. The molecule has 118 valence electrons. The number of piperidine rings is 1. The first-order valence-corrected chi connectivity index (χ1v) is 7.86. The maximum absolute atomic E-state index is 12.1. The predicted octanol–water partition coefficient (Wildman–Crippen LogP) is 1.52. The van der Waals surface area contributed by atoms with Gasteiger partial charge in [0.1, 0.15) is 0 Å². The van der Waals surface area contributed by atoms with Gasteiger partial charge < -0.3 is 20.2 Å². The Morgan fingerprint density at radius 1 is 1.50 bits per heavy atom. The zero-order valence-electron chi connectivity index (χ0n) is 13.4. The number of carbonyl (C=O) groups is 1. The average molecular weight is 285 g/mol. The lowest BCUT2D eigenvalue weighted by molar-refractivity contribution is 0.0737. The van der Waals surface area contributed by atoms with E-state index in [9.17, 15) is 9.90 Å². The Bertz CT molecular complexity index is 297. The van der Waals surface area contributed by atoms with Gasteiger partial charge in [-0.05, 0) is 40.2 Å². The topological polar surface area (TPSA) is 55.8 Å². The summed E-state index contributed by atoms with van der Waals surface area (Å²) < 4.78 is 0. The van der Waals surface area contributed by atoms with E-state index in [0.29, 0.717) is 19.1 Å². The van der Waals surface area contributed by atoms with Crippen LogP contribution in [0, 0.1) is 5.92 Å². The van der Waals surface area contributed by atoms with E-state index in [-0.39, 0.29) is 18.1 Å². The molecule has 1 saturated heterocycles. The molecule has 0 aliphatic carbocycles. The average Bonchev–Trinajstić information content (AvgIpc) is 2.46. The highest BCUT2D eigenvalue weighted by molar-refractivity contribution is 5.74. The molecule has 5 heteroatoms. The van der Waals surface area contributed by atoms with Crippen molar-refractivity contribution in [3.8, 4) is 0 Å². The summed E-state index contributed by atoms with van der Waals surface area (Å²) in [6.07, 6.45) is 2.78. The molecule has 3 unspecified atom stereocenters. The third-order valence-corrected chi connectivity index (χ3v) is 4.51. The lowest BCUT2D eigenvalue weighted by atomic mass is 9.94. The van der Waals surface area contributed by atoms with Crippen molar-refractivity contribution >= 4 is 6.03 Å². The van der Waals surface area contributed by atoms with Gasteiger partial charge in [0.15, 0.2) is 0 Å². The maximum atomic E-state index is 12.1. The molecule has 0 aromatic carbocycles. The molecule has 2 N–H and O–H groups in total. The second-order valence-corrected chi connectivity index (χ2v) is 6.06. The molecule has 1 fully saturated rings. The van der Waals surface area contributed by atoms with E-state index in [1.807, 2.05) is 11.8 Å². The van der Waals surface area contributed by atoms with Crippen molar-refractivity contribution in [2.24, 2.45) is 5.92 Å². The van der Waals surface area contributed by atoms with Gasteiger partial charge in [0.05, 0.1) is 6.10 Å². The van der Waals surface area contributed by atoms with Gasteiger partial charge in [0.25, 0.3) is 0 Å². The molecule has 0 saturated carbocycles. The number of hydrogen-bond donors (Lipinski definition) is 2. The van der Waals surface area contributed by atoms with Crippen LogP contribution < -0.4 is 5.32 Å². The van der Waals surface area contributed by atoms with Crippen LogP contribution in [-0.4, -0.2) is 66.3 Å². The zero-order valence-corrected chi connectivity index (χ0v) is 13.4. The summed E-state index contributed by atoms with van der Waals surface area (Å²) in [5.41, 5.74) is 0. The second kappa shape index (κ2) is 8.47. The Balaban J connectivity index is 2.28. The lowest BCUT2D eigenvalue weighted by Gasteiger charge is -2.34. The van der Waals surface area contributed by atoms with Crippen LogP contribution in [0.5, 0.6) is 0 Å². The van der Waals surface area contributed by atoms with E-state index in [2.05, 4.69) is 31.1 Å². The molecule has 0 aromatic rings. The summed E-state index contributed by atoms with van der Waals surface area (Å²) in [4.78, 5) is 16.2. The molecule has 0 spiro atoms. The Morgan fingerprint density at radius 3 is 2.80 bits per heavy atom. The first-order valence-electron chi connectivity index (χ1n) is 7.86. The van der Waals surface area contributed by atoms with Gasteiger partial charge in [-0.2, -0.15) is 0 Å². The molecule has 1 rings (SSSR count). The standard InChI is InChI=1S/C15H31N3O2/c1-5-12(2)17(4)10-8-16-15(20)18-9-6-7-14(11-18)13(3)19/h12-14,19H,5-11H2,1-4H3,(H,16,20). The SMILES string of the molecule is CCC(C)N(C)CCNC(=O)N1CCCC(C(C)O)C1. The monoisotopic (exact) mass is 285 g/mol. The molecule has 0 bridgehead atoms. The molecule has 1 heterocycles. The van der Waals surface area contributed by atoms with Crippen LogP contribution in [0.15, 0.2) is 0 Å². The minimum Gasteiger partial charge on any atom is -0.393 e. The van der Waals surface area contributed by atoms with Gasteiger partial charge in [-0.15, -0.1) is 0 Å². The number of amides is 2. The molecule has 0 radical (unpaired) electrons. The smallest absolute Gasteiger partial charge is 0.317 e. The lowest BCUT2D eigenvalue weighted by Crippen LogP contribution is -2.48. The summed E-state index contributed by atoms with van der Waals surface area (Å²) in [6.45, 7) is 9.20. The molecule has 1 aliphatic rings. The van der Waals surface area contributed by atoms with Crippen molar-refractivity contribution in [3.05, 3.63) is 0 Å². The third kappa shape index (κ3) is 5.29. The van der Waals surface area contributed by atoms with Crippen molar-refractivity contribution in [2.75, 3.05) is 33.2 Å². The van der Waals surface area contributed by atoms with Gasteiger partial charge in [-0.25, -0.2) is 4.79 Å². The number of likely N-dealkylation sites (N-methyl/N-ethyl adjacent to an activating group) is 1. The largest absolute Gasteiger partial charge is 0.393 e. The van der Waals surface area contributed by atoms with Crippen molar-refractivity contribution in [2.45, 2.75) is 52.2 Å². The minimum atomic E-state index is -0.331. The highest BCUT2D eigenvalue weighted by atomic mass is 16.3. The van der Waals surface area contributed by atoms with Crippen molar-refractivity contribution in [3.63, 3.8) is 0 Å². The highest BCUT2D eigenvalue weighted by Crippen LogP contribution is 2.19. The number of aliphatic hydroxyl groups excluding tert-OH is 1. The predicted molar refractivity (Wildman–Crippen MR) is 81.8 cm³/mol. The van der Waals surface area contributed by atoms with E-state index in [0.717, 1.165) is 32.4 Å². The normalized spacial score (nSPS) is 22.7. The first-order chi connectivity index (χ1) is 9.45. The molecule has 1 aliphatic heterocycles. The summed E-state index contributed by atoms with van der Waals surface area (Å²) >= 11 is 0. The number of rotatable bonds is 6. The summed E-state index contributed by atoms with van der Waals surface area (Å²) in [5, 5.41) is 12.6. The van der Waals surface area contributed by atoms with Gasteiger partial charge in [0.2, 0.25) is 0 Å². The van der Waals surface area contributed by atoms with Crippen LogP contribution in [-0.2, 0) is 0 Å². The van der Waals surface area contributed by atoms with Crippen LogP contribution in [0.4, 0.5) is 4.79 Å². The number of likely N-dealkylation sites (tertiary alicyclic amines) is 1. The summed E-state index contributed by atoms with van der Waals surface area (Å²) in [7, 11) is 2.09. The number of aliphatic hydroxyl groups is 1. The van der Waals surface area contributed by atoms with Crippen molar-refractivity contribution in [1.29, 1.82) is 0 Å². The number of nitrogens with zero attached hydrogens (tertiary/aromatic N) is 2. The summed E-state index contributed by atoms with van der Waals surface area (Å²) in [6, 6.07) is 0.550. The van der Waals surface area contributed by atoms with Crippen LogP contribution in [0.2, 0.25) is 0 Å². The fourth-order valence-corrected chi connectivity index (χ4v) is 2.57. The van der Waals surface area contributed by atoms with Crippen LogP contribution in [0.3, 0.4) is 0 Å². The Hall–Kier alpha value is -0.810. The number of hydrogen-bond acceptors (Lipinski definition) is 3. The quantitative estimate of drug-likeness (QED) is 0.778. The van der Waals surface area contributed by atoms with Gasteiger partial charge in [-0.3, -0.25) is 0 Å². The second-order valence-electron chi connectivity index (χ2n) is 6.06. The van der Waals surface area contributed by atoms with Crippen molar-refractivity contribution < 1.29 is 9.90 Å². The molecule has 2 amide bonds. The Morgan fingerprint density at radius 2 is 2.20 bits per heavy atom. The van der Waals surface area contributed by atoms with Crippen molar-refractivity contribution in [1.82, 2.24) is 15.1 Å². The fourth-order valence-electron chi connectivity index (χ4n) is 2.57. The van der Waals surface area contributed by atoms with E-state index in [4.69, 9.17) is 0 Å². The van der Waals surface area contributed by atoms with Crippen LogP contribution in [0.1, 0.15) is 40.0 Å². The van der Waals surface area contributed by atoms with Crippen LogP contribution >= 0.6 is 0 Å². The highest BCUT2D eigenvalue weighted by Gasteiger charge is 2.26. The third-order valence-electron chi connectivity index (χ3n) is 4.51. The number of nitrogens with one attached hydrogen (secondary N) is 1. The minimum absolute atomic E-state index is 0.00732. The zero-order chi connectivity index (χ0) is 15.1. The van der Waals surface area contributed by atoms with Gasteiger partial charge >= 0.3 is 6.03 Å². The van der Waals surface area contributed by atoms with Crippen LogP contribution in [0.25, 0.3) is 0 Å². The molecular weight excluding hydrogens is 254 g/mol. The van der Waals surface area contributed by atoms with Gasteiger partial charge in [-0.1, -0.05) is 6.92 Å². The summed E-state index contributed by atoms with van der Waals surface area (Å²) in [5.74, 6) is 0.220. The Kier molecular flexibility index (Phi) is 7.30. The van der Waals surface area contributed by atoms with E-state index < -0.39 is 0 Å². The molecule has 0 aromatic heterocycles. The number of carbonyl (C=O) groups excluding carboxylic acids is 1. The van der Waals surface area contributed by atoms with E-state index in [1.165, 1.54) is 0 Å². The molecular formula is C15H31N3O2. The first kappa shape index (κ1) is 17.2. The molecule has 5 nitrogen and oxygen atoms in total. The Labute approximate surface area is 123 Å². The molecule has 3 atom stereocenters. The fraction of sp³-hybridized carbons (Fsp3) is 0.933. The molecule has 20 heavy (non-hydrogen) atoms. The van der Waals surface area contributed by atoms with E-state index >= 15 is 0 Å².